The van der Waals surface area contributed by atoms with Crippen molar-refractivity contribution in [2.24, 2.45) is 0 Å². The second kappa shape index (κ2) is 11.9. The molecule has 9 heteroatoms. The standard InChI is InChI=1S/C25H37N5O4/c1-5-13-26-24(32)30-15-14-28(16-18(30)4)17-20-21(23(31)34-7-3)22(19-11-9-8-10-12-19)27-25(33)29(20)6-2/h8-12,18,22H,5-7,13-17H2,1-4H3,(H,26,32)(H,27,33)/t18-,22-/m0/s1. The van der Waals surface area contributed by atoms with Crippen molar-refractivity contribution >= 4 is 18.0 Å². The van der Waals surface area contributed by atoms with E-state index in [0.29, 0.717) is 50.5 Å². The molecule has 186 valence electrons. The molecule has 2 heterocycles. The maximum absolute atomic E-state index is 13.2. The Hall–Kier alpha value is -3.07. The average Bonchev–Trinajstić information content (AvgIpc) is 2.83. The fourth-order valence-corrected chi connectivity index (χ4v) is 4.58. The van der Waals surface area contributed by atoms with Gasteiger partial charge in [-0.15, -0.1) is 0 Å². The van der Waals surface area contributed by atoms with Gasteiger partial charge in [0.15, 0.2) is 0 Å². The van der Waals surface area contributed by atoms with Crippen LogP contribution in [0, 0.1) is 0 Å². The van der Waals surface area contributed by atoms with Gasteiger partial charge in [0.25, 0.3) is 0 Å². The Labute approximate surface area is 202 Å². The molecule has 2 aliphatic heterocycles. The van der Waals surface area contributed by atoms with Gasteiger partial charge in [-0.25, -0.2) is 14.4 Å². The first-order valence-corrected chi connectivity index (χ1v) is 12.2. The number of nitrogens with zero attached hydrogens (tertiary/aromatic N) is 3. The molecule has 1 aromatic carbocycles. The van der Waals surface area contributed by atoms with E-state index in [1.165, 1.54) is 0 Å². The highest BCUT2D eigenvalue weighted by molar-refractivity contribution is 5.95. The summed E-state index contributed by atoms with van der Waals surface area (Å²) < 4.78 is 5.43. The number of carbonyl (C=O) groups is 3. The molecule has 4 amide bonds. The van der Waals surface area contributed by atoms with Crippen LogP contribution in [0.3, 0.4) is 0 Å². The highest BCUT2D eigenvalue weighted by Crippen LogP contribution is 2.32. The minimum atomic E-state index is -0.580. The number of piperazine rings is 1. The van der Waals surface area contributed by atoms with Crippen LogP contribution in [0.4, 0.5) is 9.59 Å². The summed E-state index contributed by atoms with van der Waals surface area (Å²) in [5.74, 6) is -0.421. The van der Waals surface area contributed by atoms with Crippen LogP contribution in [0.15, 0.2) is 41.6 Å². The molecule has 0 bridgehead atoms. The molecule has 0 aromatic heterocycles. The zero-order valence-electron chi connectivity index (χ0n) is 20.7. The van der Waals surface area contributed by atoms with Crippen LogP contribution in [0.25, 0.3) is 0 Å². The van der Waals surface area contributed by atoms with E-state index < -0.39 is 12.0 Å². The SMILES string of the molecule is CCCNC(=O)N1CCN(CC2=C(C(=O)OCC)[C@H](c3ccccc3)NC(=O)N2CC)C[C@@H]1C. The van der Waals surface area contributed by atoms with Gasteiger partial charge in [-0.3, -0.25) is 9.80 Å². The summed E-state index contributed by atoms with van der Waals surface area (Å²) in [7, 11) is 0. The smallest absolute Gasteiger partial charge is 0.338 e. The zero-order chi connectivity index (χ0) is 24.7. The lowest BCUT2D eigenvalue weighted by Gasteiger charge is -2.42. The molecular weight excluding hydrogens is 434 g/mol. The minimum Gasteiger partial charge on any atom is -0.463 e. The summed E-state index contributed by atoms with van der Waals surface area (Å²) in [5, 5.41) is 5.94. The van der Waals surface area contributed by atoms with E-state index in [9.17, 15) is 14.4 Å². The molecule has 0 radical (unpaired) electrons. The second-order valence-corrected chi connectivity index (χ2v) is 8.63. The first-order chi connectivity index (χ1) is 16.4. The third-order valence-electron chi connectivity index (χ3n) is 6.25. The van der Waals surface area contributed by atoms with E-state index in [4.69, 9.17) is 4.74 Å². The predicted octanol–water partition coefficient (Wildman–Crippen LogP) is 2.72. The third kappa shape index (κ3) is 5.70. The maximum Gasteiger partial charge on any atom is 0.338 e. The van der Waals surface area contributed by atoms with Gasteiger partial charge in [-0.1, -0.05) is 37.3 Å². The van der Waals surface area contributed by atoms with Crippen LogP contribution in [-0.4, -0.2) is 84.6 Å². The van der Waals surface area contributed by atoms with E-state index in [-0.39, 0.29) is 24.7 Å². The second-order valence-electron chi connectivity index (χ2n) is 8.63. The monoisotopic (exact) mass is 471 g/mol. The quantitative estimate of drug-likeness (QED) is 0.569. The van der Waals surface area contributed by atoms with Crippen molar-refractivity contribution in [2.45, 2.75) is 46.2 Å². The first kappa shape index (κ1) is 25.6. The number of nitrogens with one attached hydrogen (secondary N) is 2. The molecule has 0 aliphatic carbocycles. The molecule has 3 rings (SSSR count). The number of carbonyl (C=O) groups excluding carboxylic acids is 3. The lowest BCUT2D eigenvalue weighted by molar-refractivity contribution is -0.139. The summed E-state index contributed by atoms with van der Waals surface area (Å²) in [6.45, 7) is 11.4. The molecular formula is C25H37N5O4. The summed E-state index contributed by atoms with van der Waals surface area (Å²) in [4.78, 5) is 44.4. The molecule has 1 fully saturated rings. The Morgan fingerprint density at radius 3 is 2.50 bits per heavy atom. The Balaban J connectivity index is 1.90. The van der Waals surface area contributed by atoms with Crippen molar-refractivity contribution in [1.82, 2.24) is 25.3 Å². The lowest BCUT2D eigenvalue weighted by atomic mass is 9.94. The van der Waals surface area contributed by atoms with Gasteiger partial charge >= 0.3 is 18.0 Å². The van der Waals surface area contributed by atoms with Crippen LogP contribution >= 0.6 is 0 Å². The Morgan fingerprint density at radius 2 is 1.88 bits per heavy atom. The van der Waals surface area contributed by atoms with E-state index in [1.807, 2.05) is 56.0 Å². The van der Waals surface area contributed by atoms with Gasteiger partial charge in [0.2, 0.25) is 0 Å². The van der Waals surface area contributed by atoms with Gasteiger partial charge < -0.3 is 20.3 Å². The fraction of sp³-hybridized carbons (Fsp3) is 0.560. The van der Waals surface area contributed by atoms with Crippen LogP contribution < -0.4 is 10.6 Å². The highest BCUT2D eigenvalue weighted by atomic mass is 16.5. The molecule has 2 atom stereocenters. The topological polar surface area (TPSA) is 94.2 Å². The lowest BCUT2D eigenvalue weighted by Crippen LogP contribution is -2.58. The number of likely N-dealkylation sites (N-methyl/N-ethyl adjacent to an activating group) is 1. The van der Waals surface area contributed by atoms with Crippen LogP contribution in [0.5, 0.6) is 0 Å². The van der Waals surface area contributed by atoms with E-state index in [2.05, 4.69) is 15.5 Å². The van der Waals surface area contributed by atoms with E-state index in [0.717, 1.165) is 12.0 Å². The van der Waals surface area contributed by atoms with Gasteiger partial charge in [-0.05, 0) is 32.8 Å². The number of urea groups is 2. The van der Waals surface area contributed by atoms with E-state index in [1.54, 1.807) is 11.8 Å². The summed E-state index contributed by atoms with van der Waals surface area (Å²) in [6, 6.07) is 8.64. The fourth-order valence-electron chi connectivity index (χ4n) is 4.58. The Morgan fingerprint density at radius 1 is 1.15 bits per heavy atom. The van der Waals surface area contributed by atoms with E-state index >= 15 is 0 Å². The molecule has 1 saturated heterocycles. The van der Waals surface area contributed by atoms with Gasteiger partial charge in [0.05, 0.1) is 18.2 Å². The van der Waals surface area contributed by atoms with Crippen molar-refractivity contribution in [3.63, 3.8) is 0 Å². The number of esters is 1. The molecule has 2 N–H and O–H groups in total. The van der Waals surface area contributed by atoms with Gasteiger partial charge in [-0.2, -0.15) is 0 Å². The maximum atomic E-state index is 13.2. The van der Waals surface area contributed by atoms with Crippen molar-refractivity contribution in [3.8, 4) is 0 Å². The van der Waals surface area contributed by atoms with Crippen LogP contribution in [-0.2, 0) is 9.53 Å². The normalized spacial score (nSPS) is 21.4. The number of ether oxygens (including phenoxy) is 1. The number of amides is 4. The zero-order valence-corrected chi connectivity index (χ0v) is 20.7. The predicted molar refractivity (Wildman–Crippen MR) is 130 cm³/mol. The number of rotatable bonds is 8. The molecule has 0 spiro atoms. The summed E-state index contributed by atoms with van der Waals surface area (Å²) in [5.41, 5.74) is 1.96. The van der Waals surface area contributed by atoms with Gasteiger partial charge in [0.1, 0.15) is 0 Å². The molecule has 1 aromatic rings. The van der Waals surface area contributed by atoms with Crippen molar-refractivity contribution in [1.29, 1.82) is 0 Å². The minimum absolute atomic E-state index is 0.00895. The molecule has 9 nitrogen and oxygen atoms in total. The summed E-state index contributed by atoms with van der Waals surface area (Å²) in [6.07, 6.45) is 0.891. The number of hydrogen-bond donors (Lipinski definition) is 2. The van der Waals surface area contributed by atoms with Crippen molar-refractivity contribution < 1.29 is 19.1 Å². The number of hydrogen-bond acceptors (Lipinski definition) is 5. The van der Waals surface area contributed by atoms with Gasteiger partial charge in [0, 0.05) is 51.0 Å². The molecule has 2 aliphatic rings. The van der Waals surface area contributed by atoms with Crippen molar-refractivity contribution in [3.05, 3.63) is 47.2 Å². The Bertz CT molecular complexity index is 904. The molecule has 0 unspecified atom stereocenters. The highest BCUT2D eigenvalue weighted by Gasteiger charge is 2.39. The summed E-state index contributed by atoms with van der Waals surface area (Å²) >= 11 is 0. The first-order valence-electron chi connectivity index (χ1n) is 12.2. The third-order valence-corrected chi connectivity index (χ3v) is 6.25. The Kier molecular flexibility index (Phi) is 8.92. The molecule has 0 saturated carbocycles. The average molecular weight is 472 g/mol. The number of benzene rings is 1. The van der Waals surface area contributed by atoms with Crippen LogP contribution in [0.2, 0.25) is 0 Å². The van der Waals surface area contributed by atoms with Crippen LogP contribution in [0.1, 0.15) is 45.7 Å². The molecule has 34 heavy (non-hydrogen) atoms. The largest absolute Gasteiger partial charge is 0.463 e. The van der Waals surface area contributed by atoms with Crippen molar-refractivity contribution in [2.75, 3.05) is 45.9 Å².